The maximum Gasteiger partial charge on any atom is 0.313 e. The van der Waals surface area contributed by atoms with Gasteiger partial charge in [0.25, 0.3) is 0 Å². The van der Waals surface area contributed by atoms with E-state index in [9.17, 15) is 4.79 Å². The van der Waals surface area contributed by atoms with E-state index in [1.54, 1.807) is 0 Å². The second-order valence-corrected chi connectivity index (χ2v) is 2.76. The first-order valence-corrected chi connectivity index (χ1v) is 3.90. The predicted octanol–water partition coefficient (Wildman–Crippen LogP) is 0.185. The fourth-order valence-electron chi connectivity index (χ4n) is 0.603. The molecule has 0 saturated heterocycles. The highest BCUT2D eigenvalue weighted by Crippen LogP contribution is 2.03. The molecule has 0 amide bonds. The van der Waals surface area contributed by atoms with Crippen LogP contribution in [0.5, 0.6) is 0 Å². The minimum absolute atomic E-state index is 0. The van der Waals surface area contributed by atoms with Crippen molar-refractivity contribution >= 4 is 35.3 Å². The lowest BCUT2D eigenvalue weighted by Crippen LogP contribution is -2.16. The molecule has 4 nitrogen and oxygen atoms in total. The van der Waals surface area contributed by atoms with Crippen LogP contribution in [0.25, 0.3) is 0 Å². The molecule has 0 atom stereocenters. The summed E-state index contributed by atoms with van der Waals surface area (Å²) in [6, 6.07) is 0. The number of rotatable bonds is 2. The number of aliphatic imine (C=N–C) groups is 1. The largest absolute Gasteiger partial charge is 0.481 e. The van der Waals surface area contributed by atoms with Gasteiger partial charge in [-0.25, -0.2) is 0 Å². The zero-order valence-electron chi connectivity index (χ0n) is 5.74. The number of nitrogens with zero attached hydrogens (tertiary/aromatic N) is 1. The number of amidine groups is 1. The summed E-state index contributed by atoms with van der Waals surface area (Å²) in [5, 5.41) is 12.0. The Kier molecular flexibility index (Phi) is 5.06. The van der Waals surface area contributed by atoms with Gasteiger partial charge in [0.1, 0.15) is 0 Å². The van der Waals surface area contributed by atoms with Crippen LogP contribution in [0.4, 0.5) is 0 Å². The van der Waals surface area contributed by atoms with Crippen molar-refractivity contribution in [1.82, 2.24) is 5.32 Å². The van der Waals surface area contributed by atoms with E-state index in [0.717, 1.165) is 18.3 Å². The second-order valence-electron chi connectivity index (χ2n) is 1.80. The maximum atomic E-state index is 10.1. The smallest absolute Gasteiger partial charge is 0.313 e. The van der Waals surface area contributed by atoms with Gasteiger partial charge in [0, 0.05) is 6.54 Å². The number of carboxylic acids is 1. The molecule has 1 aliphatic rings. The molecule has 0 fully saturated rings. The fourth-order valence-corrected chi connectivity index (χ4v) is 1.25. The summed E-state index contributed by atoms with van der Waals surface area (Å²) in [5.74, 6) is -0.715. The number of halogens is 1. The zero-order chi connectivity index (χ0) is 7.40. The lowest BCUT2D eigenvalue weighted by molar-refractivity contribution is -0.133. The van der Waals surface area contributed by atoms with E-state index in [0.29, 0.717) is 0 Å². The molecule has 0 spiro atoms. The average molecular weight is 197 g/mol. The van der Waals surface area contributed by atoms with Crippen molar-refractivity contribution in [2.45, 2.75) is 0 Å². The minimum atomic E-state index is -0.804. The van der Waals surface area contributed by atoms with Crippen LogP contribution in [0, 0.1) is 0 Å². The number of carbonyl (C=O) groups is 1. The molecule has 0 bridgehead atoms. The van der Waals surface area contributed by atoms with Crippen LogP contribution in [-0.4, -0.2) is 35.1 Å². The molecule has 0 aromatic carbocycles. The van der Waals surface area contributed by atoms with Gasteiger partial charge in [0.15, 0.2) is 5.17 Å². The number of nitrogens with one attached hydrogen (secondary N) is 1. The molecule has 0 aliphatic carbocycles. The standard InChI is InChI=1S/C5H8N2O2S.ClH/c8-4(9)3-10-5-6-1-2-7-5;/h1-3H2,(H,6,7)(H,8,9);1H. The second kappa shape index (κ2) is 5.26. The lowest BCUT2D eigenvalue weighted by atomic mass is 10.7. The number of carboxylic acid groups (broad SMARTS) is 1. The molecule has 1 rings (SSSR count). The first-order chi connectivity index (χ1) is 4.79. The van der Waals surface area contributed by atoms with E-state index in [1.165, 1.54) is 11.8 Å². The van der Waals surface area contributed by atoms with E-state index in [-0.39, 0.29) is 18.2 Å². The fraction of sp³-hybridized carbons (Fsp3) is 0.600. The number of thioether (sulfide) groups is 1. The first-order valence-electron chi connectivity index (χ1n) is 2.92. The summed E-state index contributed by atoms with van der Waals surface area (Å²) in [4.78, 5) is 14.1. The third-order valence-electron chi connectivity index (χ3n) is 0.976. The van der Waals surface area contributed by atoms with Crippen LogP contribution in [-0.2, 0) is 4.79 Å². The van der Waals surface area contributed by atoms with Crippen molar-refractivity contribution in [3.05, 3.63) is 0 Å². The summed E-state index contributed by atoms with van der Waals surface area (Å²) in [7, 11) is 0. The summed E-state index contributed by atoms with van der Waals surface area (Å²) < 4.78 is 0. The molecule has 64 valence electrons. The van der Waals surface area contributed by atoms with Crippen molar-refractivity contribution in [2.75, 3.05) is 18.8 Å². The molecule has 1 heterocycles. The number of hydrogen-bond acceptors (Lipinski definition) is 4. The Morgan fingerprint density at radius 3 is 3.00 bits per heavy atom. The van der Waals surface area contributed by atoms with Crippen LogP contribution >= 0.6 is 24.2 Å². The van der Waals surface area contributed by atoms with Crippen molar-refractivity contribution in [3.8, 4) is 0 Å². The van der Waals surface area contributed by atoms with Crippen LogP contribution in [0.3, 0.4) is 0 Å². The van der Waals surface area contributed by atoms with Gasteiger partial charge in [-0.1, -0.05) is 11.8 Å². The summed E-state index contributed by atoms with van der Waals surface area (Å²) >= 11 is 1.23. The van der Waals surface area contributed by atoms with Gasteiger partial charge in [-0.05, 0) is 0 Å². The van der Waals surface area contributed by atoms with Gasteiger partial charge < -0.3 is 10.4 Å². The molecule has 0 aromatic rings. The molecule has 0 aromatic heterocycles. The highest BCUT2D eigenvalue weighted by molar-refractivity contribution is 8.14. The summed E-state index contributed by atoms with van der Waals surface area (Å²) in [6.45, 7) is 1.60. The highest BCUT2D eigenvalue weighted by atomic mass is 35.5. The van der Waals surface area contributed by atoms with Gasteiger partial charge in [-0.2, -0.15) is 0 Å². The average Bonchev–Trinajstić information content (AvgIpc) is 2.34. The first kappa shape index (κ1) is 10.6. The Balaban J connectivity index is 0.000001000. The van der Waals surface area contributed by atoms with Crippen molar-refractivity contribution in [2.24, 2.45) is 4.99 Å². The van der Waals surface area contributed by atoms with Gasteiger partial charge in [-0.15, -0.1) is 12.4 Å². The Hall–Kier alpha value is -0.420. The molecule has 0 radical (unpaired) electrons. The molecule has 0 unspecified atom stereocenters. The van der Waals surface area contributed by atoms with Crippen LogP contribution in [0.1, 0.15) is 0 Å². The molecule has 11 heavy (non-hydrogen) atoms. The Morgan fingerprint density at radius 1 is 1.82 bits per heavy atom. The number of hydrogen-bond donors (Lipinski definition) is 2. The minimum Gasteiger partial charge on any atom is -0.481 e. The van der Waals surface area contributed by atoms with E-state index in [2.05, 4.69) is 10.3 Å². The molecular weight excluding hydrogens is 188 g/mol. The predicted molar refractivity (Wildman–Crippen MR) is 47.6 cm³/mol. The summed E-state index contributed by atoms with van der Waals surface area (Å²) in [6.07, 6.45) is 0. The molecule has 6 heteroatoms. The Labute approximate surface area is 74.9 Å². The van der Waals surface area contributed by atoms with Crippen molar-refractivity contribution in [1.29, 1.82) is 0 Å². The Bertz CT molecular complexity index is 174. The van der Waals surface area contributed by atoms with E-state index >= 15 is 0 Å². The topological polar surface area (TPSA) is 61.7 Å². The zero-order valence-corrected chi connectivity index (χ0v) is 7.37. The van der Waals surface area contributed by atoms with Crippen molar-refractivity contribution < 1.29 is 9.90 Å². The van der Waals surface area contributed by atoms with Crippen molar-refractivity contribution in [3.63, 3.8) is 0 Å². The van der Waals surface area contributed by atoms with Crippen LogP contribution in [0.2, 0.25) is 0 Å². The van der Waals surface area contributed by atoms with Gasteiger partial charge in [0.2, 0.25) is 0 Å². The SMILES string of the molecule is Cl.O=C(O)CSC1=NCCN1. The van der Waals surface area contributed by atoms with E-state index in [1.807, 2.05) is 0 Å². The highest BCUT2D eigenvalue weighted by Gasteiger charge is 2.06. The van der Waals surface area contributed by atoms with Gasteiger partial charge >= 0.3 is 5.97 Å². The van der Waals surface area contributed by atoms with Crippen LogP contribution in [0.15, 0.2) is 4.99 Å². The van der Waals surface area contributed by atoms with Crippen LogP contribution < -0.4 is 5.32 Å². The Morgan fingerprint density at radius 2 is 2.55 bits per heavy atom. The molecule has 1 aliphatic heterocycles. The molecule has 2 N–H and O–H groups in total. The quantitative estimate of drug-likeness (QED) is 0.662. The van der Waals surface area contributed by atoms with Gasteiger partial charge in [0.05, 0.1) is 12.3 Å². The lowest BCUT2D eigenvalue weighted by Gasteiger charge is -1.96. The van der Waals surface area contributed by atoms with E-state index in [4.69, 9.17) is 5.11 Å². The van der Waals surface area contributed by atoms with Gasteiger partial charge in [-0.3, -0.25) is 9.79 Å². The third kappa shape index (κ3) is 4.10. The third-order valence-corrected chi connectivity index (χ3v) is 1.91. The normalized spacial score (nSPS) is 14.7. The summed E-state index contributed by atoms with van der Waals surface area (Å²) in [5.41, 5.74) is 0. The molecular formula is C5H9ClN2O2S. The maximum absolute atomic E-state index is 10.1. The molecule has 0 saturated carbocycles. The number of aliphatic carboxylic acids is 1. The monoisotopic (exact) mass is 196 g/mol. The van der Waals surface area contributed by atoms with E-state index < -0.39 is 5.97 Å².